The Bertz CT molecular complexity index is 427. The summed E-state index contributed by atoms with van der Waals surface area (Å²) in [6.07, 6.45) is 7.94. The molecule has 0 amide bonds. The van der Waals surface area contributed by atoms with Gasteiger partial charge in [-0.25, -0.2) is 0 Å². The molecule has 0 bridgehead atoms. The van der Waals surface area contributed by atoms with Crippen LogP contribution in [-0.2, 0) is 0 Å². The Hall–Kier alpha value is 0.600. The smallest absolute Gasteiger partial charge is 0.134 e. The maximum atomic E-state index is 4.65. The lowest BCUT2D eigenvalue weighted by Gasteiger charge is -2.39. The minimum Gasteiger partial charge on any atom is -0.317 e. The zero-order chi connectivity index (χ0) is 15.1. The lowest BCUT2D eigenvalue weighted by atomic mass is 9.94. The summed E-state index contributed by atoms with van der Waals surface area (Å²) in [6.45, 7) is 4.81. The summed E-state index contributed by atoms with van der Waals surface area (Å²) in [4.78, 5) is 0. The van der Waals surface area contributed by atoms with Gasteiger partial charge in [0.15, 0.2) is 0 Å². The van der Waals surface area contributed by atoms with Crippen molar-refractivity contribution in [3.05, 3.63) is 5.69 Å². The van der Waals surface area contributed by atoms with E-state index in [-0.39, 0.29) is 0 Å². The fourth-order valence-electron chi connectivity index (χ4n) is 3.00. The molecular weight excluding hydrogens is 413 g/mol. The third kappa shape index (κ3) is 5.32. The number of hydrogen-bond acceptors (Lipinski definition) is 4. The number of quaternary nitrogens is 1. The van der Waals surface area contributed by atoms with Crippen LogP contribution in [0, 0.1) is 0 Å². The molecule has 1 aliphatic rings. The maximum absolute atomic E-state index is 4.65. The Balaban J connectivity index is 1.90. The Kier molecular flexibility index (Phi) is 7.72. The Labute approximate surface area is 151 Å². The van der Waals surface area contributed by atoms with Gasteiger partial charge in [0.05, 0.1) is 43.5 Å². The van der Waals surface area contributed by atoms with Crippen molar-refractivity contribution >= 4 is 46.1 Å². The molecule has 1 aromatic heterocycles. The van der Waals surface area contributed by atoms with Crippen molar-refractivity contribution in [3.8, 4) is 0 Å². The number of thioether (sulfide) groups is 1. The van der Waals surface area contributed by atoms with Gasteiger partial charge in [0, 0.05) is 0 Å². The van der Waals surface area contributed by atoms with Crippen LogP contribution < -0.4 is 0 Å². The first-order valence-electron chi connectivity index (χ1n) is 8.03. The number of alkyl halides is 1. The van der Waals surface area contributed by atoms with Crippen molar-refractivity contribution in [1.82, 2.24) is 8.75 Å². The molecule has 2 unspecified atom stereocenters. The summed E-state index contributed by atoms with van der Waals surface area (Å²) in [5.41, 5.74) is 1.30. The molecule has 0 saturated carbocycles. The minimum absolute atomic E-state index is 0.621. The van der Waals surface area contributed by atoms with Crippen molar-refractivity contribution in [1.29, 1.82) is 0 Å². The van der Waals surface area contributed by atoms with E-state index in [1.54, 1.807) is 0 Å². The summed E-state index contributed by atoms with van der Waals surface area (Å²) in [6, 6.07) is 0. The monoisotopic (exact) mass is 440 g/mol. The first-order valence-corrected chi connectivity index (χ1v) is 11.3. The van der Waals surface area contributed by atoms with E-state index in [2.05, 4.69) is 45.3 Å². The molecule has 21 heavy (non-hydrogen) atoms. The van der Waals surface area contributed by atoms with Gasteiger partial charge in [-0.1, -0.05) is 26.2 Å². The standard InChI is InChI=1S/C15H27IN3S2/c1-3-4-5-6-10-20-15-14(17-21-18-15)13-8-7-9-19(2,11-13)12-16/h13H,3-12H2,1-2H3/q+1. The predicted octanol–water partition coefficient (Wildman–Crippen LogP) is 4.93. The number of hydrogen-bond donors (Lipinski definition) is 0. The second-order valence-corrected chi connectivity index (χ2v) is 8.64. The zero-order valence-electron chi connectivity index (χ0n) is 13.2. The minimum atomic E-state index is 0.621. The summed E-state index contributed by atoms with van der Waals surface area (Å²) in [5, 5.41) is 1.23. The van der Waals surface area contributed by atoms with Crippen LogP contribution in [0.5, 0.6) is 0 Å². The van der Waals surface area contributed by atoms with E-state index < -0.39 is 0 Å². The number of aromatic nitrogens is 2. The SMILES string of the molecule is CCCCCCSc1nsnc1C1CCC[N+](C)(CI)C1. The summed E-state index contributed by atoms with van der Waals surface area (Å²) in [5.74, 6) is 1.82. The predicted molar refractivity (Wildman–Crippen MR) is 102 cm³/mol. The number of likely N-dealkylation sites (N-methyl/N-ethyl adjacent to an activating group) is 1. The van der Waals surface area contributed by atoms with Gasteiger partial charge in [0.1, 0.15) is 9.58 Å². The van der Waals surface area contributed by atoms with Gasteiger partial charge in [-0.3, -0.25) is 0 Å². The number of nitrogens with zero attached hydrogens (tertiary/aromatic N) is 3. The van der Waals surface area contributed by atoms with Crippen molar-refractivity contribution in [2.45, 2.75) is 56.4 Å². The summed E-state index contributed by atoms with van der Waals surface area (Å²) >= 11 is 5.87. The zero-order valence-corrected chi connectivity index (χ0v) is 17.0. The van der Waals surface area contributed by atoms with Crippen LogP contribution in [0.3, 0.4) is 0 Å². The molecule has 2 atom stereocenters. The maximum Gasteiger partial charge on any atom is 0.134 e. The van der Waals surface area contributed by atoms with Crippen LogP contribution in [0.1, 0.15) is 57.1 Å². The molecule has 1 fully saturated rings. The molecule has 0 aromatic carbocycles. The van der Waals surface area contributed by atoms with E-state index in [1.165, 1.54) is 88.8 Å². The first kappa shape index (κ1) is 17.9. The quantitative estimate of drug-likeness (QED) is 0.143. The first-order chi connectivity index (χ1) is 10.2. The van der Waals surface area contributed by atoms with Crippen LogP contribution in [0.25, 0.3) is 0 Å². The van der Waals surface area contributed by atoms with E-state index in [0.717, 1.165) is 0 Å². The number of likely N-dealkylation sites (tertiary alicyclic amines) is 1. The summed E-state index contributed by atoms with van der Waals surface area (Å²) < 4.78 is 11.6. The molecule has 1 aromatic rings. The highest BCUT2D eigenvalue weighted by molar-refractivity contribution is 14.1. The molecule has 0 radical (unpaired) electrons. The third-order valence-corrected chi connectivity index (χ3v) is 7.68. The van der Waals surface area contributed by atoms with Crippen LogP contribution in [0.2, 0.25) is 0 Å². The Morgan fingerprint density at radius 1 is 1.33 bits per heavy atom. The van der Waals surface area contributed by atoms with E-state index in [1.807, 2.05) is 11.8 Å². The highest BCUT2D eigenvalue weighted by Crippen LogP contribution is 2.35. The Morgan fingerprint density at radius 2 is 2.19 bits per heavy atom. The van der Waals surface area contributed by atoms with Crippen LogP contribution in [0.4, 0.5) is 0 Å². The van der Waals surface area contributed by atoms with Gasteiger partial charge in [-0.2, -0.15) is 8.75 Å². The molecule has 0 N–H and O–H groups in total. The molecule has 2 rings (SSSR count). The fraction of sp³-hybridized carbons (Fsp3) is 0.867. The van der Waals surface area contributed by atoms with Crippen LogP contribution >= 0.6 is 46.1 Å². The van der Waals surface area contributed by atoms with Crippen LogP contribution in [-0.4, -0.2) is 43.7 Å². The van der Waals surface area contributed by atoms with Gasteiger partial charge in [0.2, 0.25) is 0 Å². The largest absolute Gasteiger partial charge is 0.317 e. The molecule has 0 spiro atoms. The number of halogens is 1. The molecule has 1 saturated heterocycles. The van der Waals surface area contributed by atoms with Crippen molar-refractivity contribution in [2.75, 3.05) is 30.4 Å². The topological polar surface area (TPSA) is 25.8 Å². The second-order valence-electron chi connectivity index (χ2n) is 6.35. The van der Waals surface area contributed by atoms with Gasteiger partial charge in [-0.05, 0) is 47.6 Å². The Morgan fingerprint density at radius 3 is 2.95 bits per heavy atom. The molecule has 3 nitrogen and oxygen atoms in total. The average molecular weight is 440 g/mol. The average Bonchev–Trinajstić information content (AvgIpc) is 2.96. The molecule has 120 valence electrons. The second kappa shape index (κ2) is 9.03. The van der Waals surface area contributed by atoms with Crippen LogP contribution in [0.15, 0.2) is 5.03 Å². The van der Waals surface area contributed by atoms with E-state index in [9.17, 15) is 0 Å². The number of rotatable bonds is 8. The van der Waals surface area contributed by atoms with E-state index in [0.29, 0.717) is 5.92 Å². The molecule has 2 heterocycles. The normalized spacial score (nSPS) is 26.1. The lowest BCUT2D eigenvalue weighted by Crippen LogP contribution is -2.49. The van der Waals surface area contributed by atoms with Gasteiger partial charge >= 0.3 is 0 Å². The lowest BCUT2D eigenvalue weighted by molar-refractivity contribution is -0.900. The van der Waals surface area contributed by atoms with E-state index in [4.69, 9.17) is 0 Å². The molecule has 6 heteroatoms. The fourth-order valence-corrected chi connectivity index (χ4v) is 5.42. The van der Waals surface area contributed by atoms with Crippen molar-refractivity contribution in [3.63, 3.8) is 0 Å². The highest BCUT2D eigenvalue weighted by atomic mass is 127. The number of piperidine rings is 1. The van der Waals surface area contributed by atoms with Gasteiger partial charge in [-0.15, -0.1) is 11.8 Å². The molecule has 1 aliphatic heterocycles. The number of unbranched alkanes of at least 4 members (excludes halogenated alkanes) is 3. The third-order valence-electron chi connectivity index (χ3n) is 4.31. The van der Waals surface area contributed by atoms with E-state index >= 15 is 0 Å². The summed E-state index contributed by atoms with van der Waals surface area (Å²) in [7, 11) is 2.38. The van der Waals surface area contributed by atoms with Gasteiger partial charge < -0.3 is 4.48 Å². The van der Waals surface area contributed by atoms with Gasteiger partial charge in [0.25, 0.3) is 0 Å². The molecular formula is C15H27IN3S2+. The molecule has 0 aliphatic carbocycles. The van der Waals surface area contributed by atoms with Crippen molar-refractivity contribution in [2.24, 2.45) is 0 Å². The van der Waals surface area contributed by atoms with Crippen molar-refractivity contribution < 1.29 is 4.48 Å². The highest BCUT2D eigenvalue weighted by Gasteiger charge is 2.33.